The van der Waals surface area contributed by atoms with E-state index in [2.05, 4.69) is 45.5 Å². The molecule has 2 radical (unpaired) electrons. The van der Waals surface area contributed by atoms with Gasteiger partial charge in [-0.2, -0.15) is 0 Å². The van der Waals surface area contributed by atoms with Crippen LogP contribution in [0.2, 0.25) is 5.54 Å². The summed E-state index contributed by atoms with van der Waals surface area (Å²) in [6, 6.07) is 8.33. The number of ether oxygens (including phenoxy) is 1. The molecule has 1 rings (SSSR count). The second kappa shape index (κ2) is 9.11. The Kier molecular flexibility index (Phi) is 7.81. The van der Waals surface area contributed by atoms with Crippen molar-refractivity contribution in [3.8, 4) is 0 Å². The van der Waals surface area contributed by atoms with Crippen LogP contribution in [0.25, 0.3) is 6.08 Å². The molecule has 20 heavy (non-hydrogen) atoms. The molecular weight excluding hydrogens is 264 g/mol. The molecule has 1 aromatic carbocycles. The van der Waals surface area contributed by atoms with Crippen molar-refractivity contribution in [2.24, 2.45) is 0 Å². The first kappa shape index (κ1) is 17.1. The molecule has 0 aliphatic heterocycles. The minimum atomic E-state index is 0.139. The maximum absolute atomic E-state index is 6.20. The molecule has 0 saturated heterocycles. The van der Waals surface area contributed by atoms with E-state index in [1.54, 1.807) is 7.11 Å². The zero-order chi connectivity index (χ0) is 15.0. The summed E-state index contributed by atoms with van der Waals surface area (Å²) in [6.07, 6.45) is 4.33. The minimum absolute atomic E-state index is 0.139. The Morgan fingerprint density at radius 3 is 2.50 bits per heavy atom. The SMILES string of the molecule is C=Cc1ccccc1C(CC)O[Si]C(CC)C(C)OC. The summed E-state index contributed by atoms with van der Waals surface area (Å²) in [5.74, 6) is 0. The summed E-state index contributed by atoms with van der Waals surface area (Å²) in [6.45, 7) is 10.4. The van der Waals surface area contributed by atoms with E-state index >= 15 is 0 Å². The lowest BCUT2D eigenvalue weighted by Crippen LogP contribution is -2.22. The minimum Gasteiger partial charge on any atom is -0.410 e. The molecule has 110 valence electrons. The van der Waals surface area contributed by atoms with E-state index < -0.39 is 0 Å². The van der Waals surface area contributed by atoms with Gasteiger partial charge in [0.2, 0.25) is 9.76 Å². The second-order valence-corrected chi connectivity index (χ2v) is 6.13. The van der Waals surface area contributed by atoms with Crippen molar-refractivity contribution in [3.63, 3.8) is 0 Å². The van der Waals surface area contributed by atoms with Crippen LogP contribution in [-0.2, 0) is 9.16 Å². The molecule has 3 unspecified atom stereocenters. The van der Waals surface area contributed by atoms with Crippen LogP contribution < -0.4 is 0 Å². The highest BCUT2D eigenvalue weighted by Crippen LogP contribution is 2.27. The van der Waals surface area contributed by atoms with Gasteiger partial charge in [0.1, 0.15) is 0 Å². The monoisotopic (exact) mass is 290 g/mol. The topological polar surface area (TPSA) is 18.5 Å². The standard InChI is InChI=1S/C17H26O2Si/c1-6-14-11-9-10-12-15(14)16(7-2)19-20-17(8-3)13(4)18-5/h6,9-13,16-17H,1,7-8H2,2-5H3. The van der Waals surface area contributed by atoms with Crippen LogP contribution in [0.4, 0.5) is 0 Å². The number of rotatable bonds is 9. The Morgan fingerprint density at radius 2 is 1.95 bits per heavy atom. The first-order valence-corrected chi connectivity index (χ1v) is 8.31. The van der Waals surface area contributed by atoms with Gasteiger partial charge < -0.3 is 9.16 Å². The summed E-state index contributed by atoms with van der Waals surface area (Å²) in [5, 5.41) is 0. The summed E-state index contributed by atoms with van der Waals surface area (Å²) >= 11 is 0. The van der Waals surface area contributed by atoms with Crippen molar-refractivity contribution >= 4 is 15.8 Å². The first-order valence-electron chi connectivity index (χ1n) is 7.33. The molecule has 0 amide bonds. The van der Waals surface area contributed by atoms with Crippen molar-refractivity contribution in [1.29, 1.82) is 0 Å². The molecule has 0 bridgehead atoms. The average molecular weight is 290 g/mol. The van der Waals surface area contributed by atoms with Crippen LogP contribution in [0.5, 0.6) is 0 Å². The van der Waals surface area contributed by atoms with E-state index in [0.717, 1.165) is 18.4 Å². The molecule has 0 heterocycles. The van der Waals surface area contributed by atoms with Crippen molar-refractivity contribution in [3.05, 3.63) is 42.0 Å². The van der Waals surface area contributed by atoms with Crippen LogP contribution in [0.3, 0.4) is 0 Å². The van der Waals surface area contributed by atoms with Gasteiger partial charge in [0.15, 0.2) is 0 Å². The van der Waals surface area contributed by atoms with Gasteiger partial charge in [0.05, 0.1) is 12.2 Å². The van der Waals surface area contributed by atoms with E-state index in [1.165, 1.54) is 5.56 Å². The van der Waals surface area contributed by atoms with E-state index in [4.69, 9.17) is 9.16 Å². The van der Waals surface area contributed by atoms with Gasteiger partial charge in [-0.15, -0.1) is 0 Å². The van der Waals surface area contributed by atoms with Crippen molar-refractivity contribution in [1.82, 2.24) is 0 Å². The number of hydrogen-bond acceptors (Lipinski definition) is 2. The molecule has 3 atom stereocenters. The third-order valence-electron chi connectivity index (χ3n) is 3.67. The van der Waals surface area contributed by atoms with Gasteiger partial charge in [-0.05, 0) is 24.5 Å². The third kappa shape index (κ3) is 4.58. The molecule has 1 aromatic rings. The predicted molar refractivity (Wildman–Crippen MR) is 86.9 cm³/mol. The summed E-state index contributed by atoms with van der Waals surface area (Å²) < 4.78 is 11.6. The molecule has 2 nitrogen and oxygen atoms in total. The Morgan fingerprint density at radius 1 is 1.25 bits per heavy atom. The quantitative estimate of drug-likeness (QED) is 0.616. The lowest BCUT2D eigenvalue weighted by Gasteiger charge is -2.24. The van der Waals surface area contributed by atoms with Crippen LogP contribution in [0.15, 0.2) is 30.8 Å². The molecule has 3 heteroatoms. The molecular formula is C17H26O2Si. The molecule has 0 saturated carbocycles. The smallest absolute Gasteiger partial charge is 0.236 e. The molecule has 0 N–H and O–H groups in total. The average Bonchev–Trinajstić information content (AvgIpc) is 2.51. The summed E-state index contributed by atoms with van der Waals surface area (Å²) in [5.41, 5.74) is 2.86. The van der Waals surface area contributed by atoms with E-state index in [0.29, 0.717) is 15.3 Å². The fourth-order valence-corrected chi connectivity index (χ4v) is 3.33. The van der Waals surface area contributed by atoms with Crippen LogP contribution in [0, 0.1) is 0 Å². The molecule has 0 aromatic heterocycles. The molecule has 0 aliphatic rings. The largest absolute Gasteiger partial charge is 0.410 e. The fourth-order valence-electron chi connectivity index (χ4n) is 2.20. The van der Waals surface area contributed by atoms with Crippen LogP contribution in [0.1, 0.15) is 50.8 Å². The van der Waals surface area contributed by atoms with Crippen LogP contribution >= 0.6 is 0 Å². The lowest BCUT2D eigenvalue weighted by molar-refractivity contribution is 0.101. The van der Waals surface area contributed by atoms with E-state index in [9.17, 15) is 0 Å². The summed E-state index contributed by atoms with van der Waals surface area (Å²) in [7, 11) is 2.23. The van der Waals surface area contributed by atoms with Gasteiger partial charge in [0, 0.05) is 12.7 Å². The highest BCUT2D eigenvalue weighted by atomic mass is 28.2. The van der Waals surface area contributed by atoms with Crippen LogP contribution in [-0.4, -0.2) is 23.0 Å². The Balaban J connectivity index is 2.74. The number of methoxy groups -OCH3 is 1. The zero-order valence-electron chi connectivity index (χ0n) is 13.1. The van der Waals surface area contributed by atoms with Gasteiger partial charge in [-0.25, -0.2) is 0 Å². The zero-order valence-corrected chi connectivity index (χ0v) is 14.1. The maximum atomic E-state index is 6.20. The third-order valence-corrected chi connectivity index (χ3v) is 5.27. The Labute approximate surface area is 126 Å². The first-order chi connectivity index (χ1) is 9.67. The Bertz CT molecular complexity index is 406. The van der Waals surface area contributed by atoms with Crippen molar-refractivity contribution < 1.29 is 9.16 Å². The van der Waals surface area contributed by atoms with Gasteiger partial charge in [-0.3, -0.25) is 0 Å². The maximum Gasteiger partial charge on any atom is 0.236 e. The Hall–Kier alpha value is -0.903. The highest BCUT2D eigenvalue weighted by molar-refractivity contribution is 6.29. The lowest BCUT2D eigenvalue weighted by atomic mass is 10.0. The number of hydrogen-bond donors (Lipinski definition) is 0. The predicted octanol–water partition coefficient (Wildman–Crippen LogP) is 4.65. The van der Waals surface area contributed by atoms with Gasteiger partial charge in [-0.1, -0.05) is 57.2 Å². The van der Waals surface area contributed by atoms with Crippen molar-refractivity contribution in [2.75, 3.05) is 7.11 Å². The number of benzene rings is 1. The van der Waals surface area contributed by atoms with Gasteiger partial charge >= 0.3 is 0 Å². The molecule has 0 spiro atoms. The van der Waals surface area contributed by atoms with E-state index in [-0.39, 0.29) is 12.2 Å². The van der Waals surface area contributed by atoms with Crippen molar-refractivity contribution in [2.45, 2.75) is 51.4 Å². The normalized spacial score (nSPS) is 15.6. The second-order valence-electron chi connectivity index (χ2n) is 4.92. The fraction of sp³-hybridized carbons (Fsp3) is 0.529. The molecule has 0 fully saturated rings. The molecule has 0 aliphatic carbocycles. The van der Waals surface area contributed by atoms with E-state index in [1.807, 2.05) is 12.1 Å². The van der Waals surface area contributed by atoms with Gasteiger partial charge in [0.25, 0.3) is 0 Å². The highest BCUT2D eigenvalue weighted by Gasteiger charge is 2.20. The summed E-state index contributed by atoms with van der Waals surface area (Å²) in [4.78, 5) is 0.